The molecule has 0 saturated carbocycles. The Bertz CT molecular complexity index is 275. The summed E-state index contributed by atoms with van der Waals surface area (Å²) in [6.07, 6.45) is 3.67. The van der Waals surface area contributed by atoms with E-state index in [9.17, 15) is 0 Å². The molecule has 1 unspecified atom stereocenters. The Kier molecular flexibility index (Phi) is 2.61. The summed E-state index contributed by atoms with van der Waals surface area (Å²) in [5.41, 5.74) is 5.70. The van der Waals surface area contributed by atoms with Crippen LogP contribution in [-0.2, 0) is 7.05 Å². The van der Waals surface area contributed by atoms with Gasteiger partial charge >= 0.3 is 0 Å². The Morgan fingerprint density at radius 2 is 2.23 bits per heavy atom. The Morgan fingerprint density at radius 1 is 1.62 bits per heavy atom. The molecule has 0 amide bonds. The first-order chi connectivity index (χ1) is 5.93. The van der Waals surface area contributed by atoms with Crippen LogP contribution in [0.4, 0.5) is 5.95 Å². The van der Waals surface area contributed by atoms with E-state index in [0.29, 0.717) is 0 Å². The zero-order valence-electron chi connectivity index (χ0n) is 8.70. The molecule has 1 aromatic heterocycles. The molecule has 1 aromatic rings. The highest BCUT2D eigenvalue weighted by atomic mass is 15.2. The maximum Gasteiger partial charge on any atom is 0.202 e. The van der Waals surface area contributed by atoms with E-state index in [0.717, 1.165) is 5.95 Å². The van der Waals surface area contributed by atoms with Gasteiger partial charge in [0.1, 0.15) is 0 Å². The molecule has 0 aliphatic carbocycles. The van der Waals surface area contributed by atoms with E-state index < -0.39 is 0 Å². The number of nitrogens with zero attached hydrogens (tertiary/aromatic N) is 2. The van der Waals surface area contributed by atoms with Crippen molar-refractivity contribution < 1.29 is 0 Å². The fourth-order valence-corrected chi connectivity index (χ4v) is 0.888. The maximum atomic E-state index is 5.84. The molecule has 0 bridgehead atoms. The van der Waals surface area contributed by atoms with Crippen LogP contribution in [0.25, 0.3) is 0 Å². The van der Waals surface area contributed by atoms with Crippen LogP contribution >= 0.6 is 0 Å². The first-order valence-electron chi connectivity index (χ1n) is 4.44. The summed E-state index contributed by atoms with van der Waals surface area (Å²) in [5.74, 6) is 0.849. The second kappa shape index (κ2) is 3.38. The SMILES string of the molecule is CC(N)C(C)(C)Nc1nccn1C. The molecule has 1 atom stereocenters. The topological polar surface area (TPSA) is 55.9 Å². The molecule has 0 aliphatic heterocycles. The highest BCUT2D eigenvalue weighted by Gasteiger charge is 2.23. The molecule has 0 spiro atoms. The van der Waals surface area contributed by atoms with Gasteiger partial charge in [-0.1, -0.05) is 0 Å². The van der Waals surface area contributed by atoms with Gasteiger partial charge in [-0.05, 0) is 20.8 Å². The van der Waals surface area contributed by atoms with Crippen LogP contribution in [-0.4, -0.2) is 21.1 Å². The Balaban J connectivity index is 2.74. The standard InChI is InChI=1S/C9H18N4/c1-7(10)9(2,3)12-8-11-5-6-13(8)4/h5-7H,10H2,1-4H3,(H,11,12). The summed E-state index contributed by atoms with van der Waals surface area (Å²) in [5, 5.41) is 3.29. The number of nitrogens with one attached hydrogen (secondary N) is 1. The van der Waals surface area contributed by atoms with Crippen LogP contribution in [0.2, 0.25) is 0 Å². The van der Waals surface area contributed by atoms with Crippen molar-refractivity contribution in [2.75, 3.05) is 5.32 Å². The first-order valence-corrected chi connectivity index (χ1v) is 4.44. The smallest absolute Gasteiger partial charge is 0.202 e. The quantitative estimate of drug-likeness (QED) is 0.732. The lowest BCUT2D eigenvalue weighted by molar-refractivity contribution is 0.465. The van der Waals surface area contributed by atoms with Crippen molar-refractivity contribution in [1.29, 1.82) is 0 Å². The minimum Gasteiger partial charge on any atom is -0.349 e. The molecule has 0 aliphatic rings. The van der Waals surface area contributed by atoms with Crippen LogP contribution in [0, 0.1) is 0 Å². The Labute approximate surface area is 79.1 Å². The molecule has 3 N–H and O–H groups in total. The third kappa shape index (κ3) is 2.21. The number of imidazole rings is 1. The minimum absolute atomic E-state index is 0.0733. The summed E-state index contributed by atoms with van der Waals surface area (Å²) >= 11 is 0. The van der Waals surface area contributed by atoms with Gasteiger partial charge in [0.2, 0.25) is 5.95 Å². The number of anilines is 1. The molecule has 0 saturated heterocycles. The highest BCUT2D eigenvalue weighted by molar-refractivity contribution is 5.30. The van der Waals surface area contributed by atoms with Gasteiger partial charge in [0.25, 0.3) is 0 Å². The maximum absolute atomic E-state index is 5.84. The van der Waals surface area contributed by atoms with Gasteiger partial charge in [0.15, 0.2) is 0 Å². The number of aryl methyl sites for hydroxylation is 1. The van der Waals surface area contributed by atoms with E-state index in [-0.39, 0.29) is 11.6 Å². The summed E-state index contributed by atoms with van der Waals surface area (Å²) < 4.78 is 1.93. The van der Waals surface area contributed by atoms with E-state index in [1.165, 1.54) is 0 Å². The minimum atomic E-state index is -0.140. The van der Waals surface area contributed by atoms with Gasteiger partial charge in [-0.25, -0.2) is 4.98 Å². The predicted octanol–water partition coefficient (Wildman–Crippen LogP) is 0.958. The molecule has 4 nitrogen and oxygen atoms in total. The molecule has 1 heterocycles. The average Bonchev–Trinajstić information content (AvgIpc) is 2.35. The zero-order valence-corrected chi connectivity index (χ0v) is 8.70. The molecule has 74 valence electrons. The first kappa shape index (κ1) is 10.1. The number of hydrogen-bond donors (Lipinski definition) is 2. The van der Waals surface area contributed by atoms with E-state index in [1.807, 2.05) is 24.7 Å². The third-order valence-corrected chi connectivity index (χ3v) is 2.39. The van der Waals surface area contributed by atoms with E-state index >= 15 is 0 Å². The van der Waals surface area contributed by atoms with Crippen molar-refractivity contribution in [3.8, 4) is 0 Å². The summed E-state index contributed by atoms with van der Waals surface area (Å²) in [6.45, 7) is 6.11. The monoisotopic (exact) mass is 182 g/mol. The molecule has 1 rings (SSSR count). The lowest BCUT2D eigenvalue weighted by Gasteiger charge is -2.30. The molecular weight excluding hydrogens is 164 g/mol. The van der Waals surface area contributed by atoms with Crippen molar-refractivity contribution in [2.45, 2.75) is 32.4 Å². The van der Waals surface area contributed by atoms with Crippen LogP contribution in [0.3, 0.4) is 0 Å². The molecular formula is C9H18N4. The Hall–Kier alpha value is -1.03. The lowest BCUT2D eigenvalue weighted by Crippen LogP contribution is -2.47. The number of aromatic nitrogens is 2. The number of nitrogens with two attached hydrogens (primary N) is 1. The predicted molar refractivity (Wildman–Crippen MR) is 54.6 cm³/mol. The lowest BCUT2D eigenvalue weighted by atomic mass is 9.97. The highest BCUT2D eigenvalue weighted by Crippen LogP contribution is 2.14. The van der Waals surface area contributed by atoms with Crippen LogP contribution in [0.15, 0.2) is 12.4 Å². The molecule has 13 heavy (non-hydrogen) atoms. The van der Waals surface area contributed by atoms with Crippen LogP contribution in [0.1, 0.15) is 20.8 Å². The van der Waals surface area contributed by atoms with Gasteiger partial charge < -0.3 is 15.6 Å². The second-order valence-electron chi connectivity index (χ2n) is 4.00. The zero-order chi connectivity index (χ0) is 10.1. The summed E-state index contributed by atoms with van der Waals surface area (Å²) in [6, 6.07) is 0.0733. The second-order valence-corrected chi connectivity index (χ2v) is 4.00. The molecule has 0 fully saturated rings. The van der Waals surface area contributed by atoms with Crippen molar-refractivity contribution >= 4 is 5.95 Å². The van der Waals surface area contributed by atoms with Gasteiger partial charge in [0.05, 0.1) is 0 Å². The van der Waals surface area contributed by atoms with Crippen molar-refractivity contribution in [1.82, 2.24) is 9.55 Å². The fraction of sp³-hybridized carbons (Fsp3) is 0.667. The summed E-state index contributed by atoms with van der Waals surface area (Å²) in [7, 11) is 1.95. The third-order valence-electron chi connectivity index (χ3n) is 2.39. The van der Waals surface area contributed by atoms with E-state index in [1.54, 1.807) is 6.20 Å². The van der Waals surface area contributed by atoms with Crippen LogP contribution < -0.4 is 11.1 Å². The molecule has 4 heteroatoms. The van der Waals surface area contributed by atoms with Crippen molar-refractivity contribution in [3.05, 3.63) is 12.4 Å². The number of hydrogen-bond acceptors (Lipinski definition) is 3. The average molecular weight is 182 g/mol. The van der Waals surface area contributed by atoms with Crippen molar-refractivity contribution in [2.24, 2.45) is 12.8 Å². The van der Waals surface area contributed by atoms with Gasteiger partial charge in [-0.15, -0.1) is 0 Å². The normalized spacial score (nSPS) is 14.2. The number of rotatable bonds is 3. The van der Waals surface area contributed by atoms with Crippen LogP contribution in [0.5, 0.6) is 0 Å². The van der Waals surface area contributed by atoms with Gasteiger partial charge in [0, 0.05) is 31.0 Å². The Morgan fingerprint density at radius 3 is 2.62 bits per heavy atom. The van der Waals surface area contributed by atoms with Crippen molar-refractivity contribution in [3.63, 3.8) is 0 Å². The molecule has 0 aromatic carbocycles. The summed E-state index contributed by atoms with van der Waals surface area (Å²) in [4.78, 5) is 4.18. The largest absolute Gasteiger partial charge is 0.349 e. The fourth-order valence-electron chi connectivity index (χ4n) is 0.888. The van der Waals surface area contributed by atoms with E-state index in [2.05, 4.69) is 24.1 Å². The van der Waals surface area contributed by atoms with Gasteiger partial charge in [-0.3, -0.25) is 0 Å². The van der Waals surface area contributed by atoms with Gasteiger partial charge in [-0.2, -0.15) is 0 Å². The molecule has 0 radical (unpaired) electrons. The van der Waals surface area contributed by atoms with E-state index in [4.69, 9.17) is 5.73 Å².